The van der Waals surface area contributed by atoms with Crippen LogP contribution in [0.15, 0.2) is 36.5 Å². The number of hydrazine groups is 1. The van der Waals surface area contributed by atoms with Crippen LogP contribution in [-0.2, 0) is 0 Å². The van der Waals surface area contributed by atoms with Gasteiger partial charge in [-0.15, -0.1) is 0 Å². The fraction of sp³-hybridized carbons (Fsp3) is 0.154. The fourth-order valence-electron chi connectivity index (χ4n) is 1.73. The molecule has 3 N–H and O–H groups in total. The molecule has 0 amide bonds. The van der Waals surface area contributed by atoms with Crippen molar-refractivity contribution < 1.29 is 8.78 Å². The molecular formula is C13H13F2N3. The van der Waals surface area contributed by atoms with E-state index in [-0.39, 0.29) is 11.5 Å². The number of nitrogens with one attached hydrogen (secondary N) is 1. The lowest BCUT2D eigenvalue weighted by molar-refractivity contribution is 0.539. The van der Waals surface area contributed by atoms with Crippen LogP contribution in [0.2, 0.25) is 0 Å². The zero-order valence-corrected chi connectivity index (χ0v) is 9.82. The van der Waals surface area contributed by atoms with E-state index in [2.05, 4.69) is 10.4 Å². The van der Waals surface area contributed by atoms with E-state index in [1.165, 1.54) is 24.4 Å². The van der Waals surface area contributed by atoms with Gasteiger partial charge in [0.25, 0.3) is 0 Å². The molecule has 1 aromatic heterocycles. The van der Waals surface area contributed by atoms with Crippen molar-refractivity contribution in [3.05, 3.63) is 65.0 Å². The van der Waals surface area contributed by atoms with Gasteiger partial charge in [-0.25, -0.2) is 14.2 Å². The van der Waals surface area contributed by atoms with E-state index in [0.29, 0.717) is 11.1 Å². The van der Waals surface area contributed by atoms with Crippen molar-refractivity contribution in [2.24, 2.45) is 5.84 Å². The summed E-state index contributed by atoms with van der Waals surface area (Å²) in [5.74, 6) is 4.57. The van der Waals surface area contributed by atoms with E-state index in [1.807, 2.05) is 0 Å². The maximum Gasteiger partial charge on any atom is 0.146 e. The molecule has 0 fully saturated rings. The summed E-state index contributed by atoms with van der Waals surface area (Å²) >= 11 is 0. The summed E-state index contributed by atoms with van der Waals surface area (Å²) in [6, 6.07) is 6.74. The monoisotopic (exact) mass is 249 g/mol. The molecule has 0 aliphatic heterocycles. The van der Waals surface area contributed by atoms with Crippen molar-refractivity contribution in [1.82, 2.24) is 10.4 Å². The molecule has 18 heavy (non-hydrogen) atoms. The zero-order valence-electron chi connectivity index (χ0n) is 9.82. The molecule has 3 nitrogen and oxygen atoms in total. The lowest BCUT2D eigenvalue weighted by Gasteiger charge is -2.16. The molecule has 1 heterocycles. The third-order valence-electron chi connectivity index (χ3n) is 2.76. The van der Waals surface area contributed by atoms with Crippen molar-refractivity contribution >= 4 is 0 Å². The smallest absolute Gasteiger partial charge is 0.146 e. The second-order valence-corrected chi connectivity index (χ2v) is 3.98. The van der Waals surface area contributed by atoms with Crippen molar-refractivity contribution in [3.63, 3.8) is 0 Å². The minimum Gasteiger partial charge on any atom is -0.271 e. The number of nitrogens with two attached hydrogens (primary N) is 1. The normalized spacial score (nSPS) is 12.4. The maximum atomic E-state index is 13.6. The van der Waals surface area contributed by atoms with Crippen LogP contribution < -0.4 is 11.3 Å². The third kappa shape index (κ3) is 2.37. The molecule has 0 radical (unpaired) electrons. The summed E-state index contributed by atoms with van der Waals surface area (Å²) in [5.41, 5.74) is 3.65. The molecule has 2 aromatic rings. The Bertz CT molecular complexity index is 558. The van der Waals surface area contributed by atoms with Crippen LogP contribution in [0.3, 0.4) is 0 Å². The third-order valence-corrected chi connectivity index (χ3v) is 2.76. The molecule has 0 spiro atoms. The Labute approximate surface area is 104 Å². The number of benzene rings is 1. The number of hydrogen-bond donors (Lipinski definition) is 2. The molecule has 5 heteroatoms. The Morgan fingerprint density at radius 1 is 1.22 bits per heavy atom. The largest absolute Gasteiger partial charge is 0.271 e. The van der Waals surface area contributed by atoms with Crippen molar-refractivity contribution in [1.29, 1.82) is 0 Å². The Morgan fingerprint density at radius 2 is 2.00 bits per heavy atom. The number of rotatable bonds is 3. The highest BCUT2D eigenvalue weighted by molar-refractivity contribution is 5.31. The topological polar surface area (TPSA) is 50.9 Å². The van der Waals surface area contributed by atoms with Crippen LogP contribution in [0.4, 0.5) is 8.78 Å². The lowest BCUT2D eigenvalue weighted by Crippen LogP contribution is -2.30. The number of hydrogen-bond acceptors (Lipinski definition) is 3. The maximum absolute atomic E-state index is 13.6. The van der Waals surface area contributed by atoms with Gasteiger partial charge in [0.2, 0.25) is 0 Å². The predicted octanol–water partition coefficient (Wildman–Crippen LogP) is 2.22. The predicted molar refractivity (Wildman–Crippen MR) is 64.5 cm³/mol. The Balaban J connectivity index is 2.45. The summed E-state index contributed by atoms with van der Waals surface area (Å²) in [6.45, 7) is 1.66. The van der Waals surface area contributed by atoms with Gasteiger partial charge in [0.05, 0.1) is 11.7 Å². The standard InChI is InChI=1S/C13H13F2N3/c1-8-4-5-9(7-11(8)15)12(18-16)13-10(14)3-2-6-17-13/h2-7,12,18H,16H2,1H3. The van der Waals surface area contributed by atoms with Crippen LogP contribution in [0.25, 0.3) is 0 Å². The van der Waals surface area contributed by atoms with E-state index in [1.54, 1.807) is 19.1 Å². The Hall–Kier alpha value is -1.85. The molecule has 2 rings (SSSR count). The zero-order chi connectivity index (χ0) is 13.1. The summed E-state index contributed by atoms with van der Waals surface area (Å²) in [7, 11) is 0. The molecule has 1 atom stereocenters. The van der Waals surface area contributed by atoms with E-state index in [0.717, 1.165) is 0 Å². The van der Waals surface area contributed by atoms with Crippen LogP contribution in [0.5, 0.6) is 0 Å². The minimum absolute atomic E-state index is 0.142. The highest BCUT2D eigenvalue weighted by atomic mass is 19.1. The number of halogens is 2. The van der Waals surface area contributed by atoms with Gasteiger partial charge in [-0.05, 0) is 36.2 Å². The van der Waals surface area contributed by atoms with Gasteiger partial charge in [0.1, 0.15) is 11.6 Å². The van der Waals surface area contributed by atoms with E-state index in [9.17, 15) is 8.78 Å². The average Bonchev–Trinajstić information content (AvgIpc) is 2.37. The first-order valence-electron chi connectivity index (χ1n) is 5.46. The van der Waals surface area contributed by atoms with Crippen LogP contribution in [-0.4, -0.2) is 4.98 Å². The molecule has 1 aromatic carbocycles. The van der Waals surface area contributed by atoms with Gasteiger partial charge in [-0.2, -0.15) is 0 Å². The first-order valence-corrected chi connectivity index (χ1v) is 5.46. The Kier molecular flexibility index (Phi) is 3.64. The van der Waals surface area contributed by atoms with Crippen LogP contribution in [0, 0.1) is 18.6 Å². The van der Waals surface area contributed by atoms with E-state index >= 15 is 0 Å². The van der Waals surface area contributed by atoms with E-state index < -0.39 is 11.9 Å². The van der Waals surface area contributed by atoms with Crippen LogP contribution >= 0.6 is 0 Å². The van der Waals surface area contributed by atoms with Crippen molar-refractivity contribution in [2.75, 3.05) is 0 Å². The Morgan fingerprint density at radius 3 is 2.61 bits per heavy atom. The van der Waals surface area contributed by atoms with Gasteiger partial charge >= 0.3 is 0 Å². The molecule has 0 bridgehead atoms. The summed E-state index contributed by atoms with van der Waals surface area (Å²) in [4.78, 5) is 3.94. The van der Waals surface area contributed by atoms with Crippen molar-refractivity contribution in [2.45, 2.75) is 13.0 Å². The molecular weight excluding hydrogens is 236 g/mol. The second kappa shape index (κ2) is 5.20. The second-order valence-electron chi connectivity index (χ2n) is 3.98. The average molecular weight is 249 g/mol. The van der Waals surface area contributed by atoms with Gasteiger partial charge in [0.15, 0.2) is 0 Å². The first-order chi connectivity index (χ1) is 8.63. The molecule has 0 saturated carbocycles. The quantitative estimate of drug-likeness (QED) is 0.647. The molecule has 0 aliphatic rings. The van der Waals surface area contributed by atoms with Gasteiger partial charge in [0, 0.05) is 6.20 Å². The number of pyridine rings is 1. The van der Waals surface area contributed by atoms with E-state index in [4.69, 9.17) is 5.84 Å². The first kappa shape index (κ1) is 12.6. The summed E-state index contributed by atoms with van der Waals surface area (Å²) in [6.07, 6.45) is 1.47. The lowest BCUT2D eigenvalue weighted by atomic mass is 10.0. The molecule has 0 saturated heterocycles. The van der Waals surface area contributed by atoms with Crippen molar-refractivity contribution in [3.8, 4) is 0 Å². The number of aryl methyl sites for hydroxylation is 1. The van der Waals surface area contributed by atoms with Gasteiger partial charge in [-0.1, -0.05) is 12.1 Å². The minimum atomic E-state index is -0.679. The highest BCUT2D eigenvalue weighted by Crippen LogP contribution is 2.23. The van der Waals surface area contributed by atoms with Gasteiger partial charge < -0.3 is 0 Å². The number of nitrogens with zero attached hydrogens (tertiary/aromatic N) is 1. The molecule has 0 aliphatic carbocycles. The highest BCUT2D eigenvalue weighted by Gasteiger charge is 2.18. The fourth-order valence-corrected chi connectivity index (χ4v) is 1.73. The summed E-state index contributed by atoms with van der Waals surface area (Å²) in [5, 5.41) is 0. The van der Waals surface area contributed by atoms with Crippen LogP contribution in [0.1, 0.15) is 22.9 Å². The summed E-state index contributed by atoms with van der Waals surface area (Å²) < 4.78 is 27.1. The number of aromatic nitrogens is 1. The SMILES string of the molecule is Cc1ccc(C(NN)c2ncccc2F)cc1F. The molecule has 1 unspecified atom stereocenters. The molecule has 94 valence electrons. The van der Waals surface area contributed by atoms with Gasteiger partial charge in [-0.3, -0.25) is 10.8 Å².